The van der Waals surface area contributed by atoms with Crippen molar-refractivity contribution in [2.75, 3.05) is 6.61 Å². The van der Waals surface area contributed by atoms with E-state index in [2.05, 4.69) is 29.8 Å². The normalized spacial score (nSPS) is 12.3. The van der Waals surface area contributed by atoms with Crippen molar-refractivity contribution in [1.82, 2.24) is 0 Å². The SMILES string of the molecule is CCCCCCCCCOC(=O)C(Br)CCCCCC. The van der Waals surface area contributed by atoms with Gasteiger partial charge in [0.15, 0.2) is 0 Å². The van der Waals surface area contributed by atoms with E-state index in [0.29, 0.717) is 6.61 Å². The van der Waals surface area contributed by atoms with Gasteiger partial charge in [-0.1, -0.05) is 94.0 Å². The van der Waals surface area contributed by atoms with Crippen molar-refractivity contribution in [3.63, 3.8) is 0 Å². The molecule has 1 unspecified atom stereocenters. The van der Waals surface area contributed by atoms with E-state index in [1.54, 1.807) is 0 Å². The molecule has 0 aliphatic heterocycles. The minimum Gasteiger partial charge on any atom is -0.465 e. The third-order valence-corrected chi connectivity index (χ3v) is 4.39. The number of carbonyl (C=O) groups is 1. The molecule has 0 aromatic carbocycles. The highest BCUT2D eigenvalue weighted by Gasteiger charge is 2.15. The summed E-state index contributed by atoms with van der Waals surface area (Å²) in [5.74, 6) is -0.0764. The van der Waals surface area contributed by atoms with Gasteiger partial charge in [0.05, 0.1) is 6.61 Å². The van der Waals surface area contributed by atoms with Gasteiger partial charge in [-0.05, 0) is 12.8 Å². The molecule has 3 heteroatoms. The van der Waals surface area contributed by atoms with Gasteiger partial charge < -0.3 is 4.74 Å². The zero-order chi connectivity index (χ0) is 15.1. The molecule has 2 nitrogen and oxygen atoms in total. The molecule has 0 fully saturated rings. The first-order valence-corrected chi connectivity index (χ1v) is 9.44. The van der Waals surface area contributed by atoms with Crippen LogP contribution < -0.4 is 0 Å². The highest BCUT2D eigenvalue weighted by molar-refractivity contribution is 9.10. The van der Waals surface area contributed by atoms with E-state index in [1.807, 2.05) is 0 Å². The molecule has 0 saturated carbocycles. The van der Waals surface area contributed by atoms with E-state index < -0.39 is 0 Å². The third-order valence-electron chi connectivity index (χ3n) is 3.56. The third kappa shape index (κ3) is 13.0. The molecule has 0 aromatic rings. The van der Waals surface area contributed by atoms with Gasteiger partial charge >= 0.3 is 5.97 Å². The largest absolute Gasteiger partial charge is 0.465 e. The molecule has 0 spiro atoms. The van der Waals surface area contributed by atoms with Gasteiger partial charge in [0.25, 0.3) is 0 Å². The summed E-state index contributed by atoms with van der Waals surface area (Å²) in [5.41, 5.74) is 0. The van der Waals surface area contributed by atoms with Crippen molar-refractivity contribution in [3.05, 3.63) is 0 Å². The Morgan fingerprint density at radius 1 is 0.850 bits per heavy atom. The second-order valence-electron chi connectivity index (χ2n) is 5.61. The molecule has 0 aromatic heterocycles. The number of hydrogen-bond acceptors (Lipinski definition) is 2. The molecule has 0 aliphatic carbocycles. The minimum absolute atomic E-state index is 0.0764. The summed E-state index contributed by atoms with van der Waals surface area (Å²) in [5, 5.41) is 0. The van der Waals surface area contributed by atoms with Crippen LogP contribution in [0.4, 0.5) is 0 Å². The molecule has 0 bridgehead atoms. The second-order valence-corrected chi connectivity index (χ2v) is 6.71. The van der Waals surface area contributed by atoms with Gasteiger partial charge in [0, 0.05) is 0 Å². The summed E-state index contributed by atoms with van der Waals surface area (Å²) < 4.78 is 5.30. The predicted molar refractivity (Wildman–Crippen MR) is 90.4 cm³/mol. The lowest BCUT2D eigenvalue weighted by Crippen LogP contribution is -2.18. The standard InChI is InChI=1S/C17H33BrO2/c1-3-5-7-9-10-11-13-15-20-17(19)16(18)14-12-8-6-4-2/h16H,3-15H2,1-2H3. The molecule has 0 radical (unpaired) electrons. The van der Waals surface area contributed by atoms with Crippen molar-refractivity contribution in [3.8, 4) is 0 Å². The van der Waals surface area contributed by atoms with Gasteiger partial charge in [0.2, 0.25) is 0 Å². The summed E-state index contributed by atoms with van der Waals surface area (Å²) in [4.78, 5) is 11.6. The summed E-state index contributed by atoms with van der Waals surface area (Å²) in [6.07, 6.45) is 14.5. The molecular weight excluding hydrogens is 316 g/mol. The van der Waals surface area contributed by atoms with E-state index in [1.165, 1.54) is 57.8 Å². The summed E-state index contributed by atoms with van der Waals surface area (Å²) in [6.45, 7) is 5.02. The van der Waals surface area contributed by atoms with Gasteiger partial charge in [-0.15, -0.1) is 0 Å². The first-order chi connectivity index (χ1) is 9.72. The fourth-order valence-corrected chi connectivity index (χ4v) is 2.65. The Morgan fingerprint density at radius 2 is 1.35 bits per heavy atom. The Labute approximate surface area is 134 Å². The number of carbonyl (C=O) groups excluding carboxylic acids is 1. The van der Waals surface area contributed by atoms with E-state index >= 15 is 0 Å². The lowest BCUT2D eigenvalue weighted by atomic mass is 10.1. The molecule has 0 N–H and O–H groups in total. The van der Waals surface area contributed by atoms with Gasteiger partial charge in [-0.3, -0.25) is 4.79 Å². The number of unbranched alkanes of at least 4 members (excludes halogenated alkanes) is 9. The monoisotopic (exact) mass is 348 g/mol. The molecule has 0 saturated heterocycles. The average Bonchev–Trinajstić information content (AvgIpc) is 2.46. The highest BCUT2D eigenvalue weighted by Crippen LogP contribution is 2.14. The molecule has 0 aliphatic rings. The van der Waals surface area contributed by atoms with Crippen LogP contribution in [0.1, 0.15) is 90.9 Å². The zero-order valence-corrected chi connectivity index (χ0v) is 15.1. The van der Waals surface area contributed by atoms with Crippen LogP contribution in [0.2, 0.25) is 0 Å². The maximum absolute atomic E-state index is 11.7. The summed E-state index contributed by atoms with van der Waals surface area (Å²) >= 11 is 3.43. The topological polar surface area (TPSA) is 26.3 Å². The highest BCUT2D eigenvalue weighted by atomic mass is 79.9. The second kappa shape index (κ2) is 15.3. The molecule has 20 heavy (non-hydrogen) atoms. The quantitative estimate of drug-likeness (QED) is 0.218. The Kier molecular flexibility index (Phi) is 15.3. The van der Waals surface area contributed by atoms with Crippen LogP contribution in [0, 0.1) is 0 Å². The molecule has 0 amide bonds. The van der Waals surface area contributed by atoms with Crippen LogP contribution in [-0.2, 0) is 9.53 Å². The number of alkyl halides is 1. The zero-order valence-electron chi connectivity index (χ0n) is 13.5. The van der Waals surface area contributed by atoms with Crippen LogP contribution in [0.25, 0.3) is 0 Å². The molecule has 1 atom stereocenters. The number of hydrogen-bond donors (Lipinski definition) is 0. The van der Waals surface area contributed by atoms with Gasteiger partial charge in [-0.25, -0.2) is 0 Å². The Morgan fingerprint density at radius 3 is 1.95 bits per heavy atom. The minimum atomic E-state index is -0.107. The Balaban J connectivity index is 3.34. The molecule has 0 rings (SSSR count). The van der Waals surface area contributed by atoms with E-state index in [-0.39, 0.29) is 10.8 Å². The average molecular weight is 349 g/mol. The number of ether oxygens (including phenoxy) is 1. The number of esters is 1. The number of rotatable bonds is 14. The van der Waals surface area contributed by atoms with Crippen LogP contribution in [0.5, 0.6) is 0 Å². The van der Waals surface area contributed by atoms with Crippen LogP contribution in [0.15, 0.2) is 0 Å². The molecule has 0 heterocycles. The lowest BCUT2D eigenvalue weighted by molar-refractivity contribution is -0.143. The lowest BCUT2D eigenvalue weighted by Gasteiger charge is -2.10. The molecule has 120 valence electrons. The van der Waals surface area contributed by atoms with Crippen molar-refractivity contribution in [2.24, 2.45) is 0 Å². The maximum Gasteiger partial charge on any atom is 0.319 e. The van der Waals surface area contributed by atoms with E-state index in [4.69, 9.17) is 4.74 Å². The van der Waals surface area contributed by atoms with Crippen LogP contribution in [0.3, 0.4) is 0 Å². The Hall–Kier alpha value is -0.0500. The Bertz CT molecular complexity index is 219. The number of halogens is 1. The van der Waals surface area contributed by atoms with Crippen molar-refractivity contribution in [2.45, 2.75) is 95.7 Å². The fourth-order valence-electron chi connectivity index (χ4n) is 2.19. The van der Waals surface area contributed by atoms with Crippen molar-refractivity contribution in [1.29, 1.82) is 0 Å². The smallest absolute Gasteiger partial charge is 0.319 e. The van der Waals surface area contributed by atoms with E-state index in [9.17, 15) is 4.79 Å². The summed E-state index contributed by atoms with van der Waals surface area (Å²) in [6, 6.07) is 0. The maximum atomic E-state index is 11.7. The van der Waals surface area contributed by atoms with E-state index in [0.717, 1.165) is 19.3 Å². The van der Waals surface area contributed by atoms with Crippen molar-refractivity contribution < 1.29 is 9.53 Å². The molecular formula is C17H33BrO2. The predicted octanol–water partition coefficient (Wildman–Crippen LogP) is 6.01. The van der Waals surface area contributed by atoms with Gasteiger partial charge in [-0.2, -0.15) is 0 Å². The van der Waals surface area contributed by atoms with Gasteiger partial charge in [0.1, 0.15) is 4.83 Å². The fraction of sp³-hybridized carbons (Fsp3) is 0.941. The first kappa shape index (κ1) is 19.9. The van der Waals surface area contributed by atoms with Crippen molar-refractivity contribution >= 4 is 21.9 Å². The van der Waals surface area contributed by atoms with Crippen LogP contribution in [-0.4, -0.2) is 17.4 Å². The summed E-state index contributed by atoms with van der Waals surface area (Å²) in [7, 11) is 0. The van der Waals surface area contributed by atoms with Crippen LogP contribution >= 0.6 is 15.9 Å². The first-order valence-electron chi connectivity index (χ1n) is 8.53.